The molecule has 0 aliphatic rings. The lowest BCUT2D eigenvalue weighted by atomic mass is 10.2. The summed E-state index contributed by atoms with van der Waals surface area (Å²) in [7, 11) is 0. The summed E-state index contributed by atoms with van der Waals surface area (Å²) in [6.07, 6.45) is 0. The zero-order valence-corrected chi connectivity index (χ0v) is 8.86. The molecular weight excluding hydrogens is 216 g/mol. The molecule has 0 bridgehead atoms. The molecule has 0 aliphatic heterocycles. The second-order valence-electron chi connectivity index (χ2n) is 3.29. The largest absolute Gasteiger partial charge is 0.507 e. The van der Waals surface area contributed by atoms with Gasteiger partial charge in [-0.25, -0.2) is 4.79 Å². The minimum atomic E-state index is -0.997. The van der Waals surface area contributed by atoms with Gasteiger partial charge in [0.1, 0.15) is 17.9 Å². The van der Waals surface area contributed by atoms with Crippen molar-refractivity contribution in [1.29, 1.82) is 0 Å². The van der Waals surface area contributed by atoms with E-state index in [-0.39, 0.29) is 6.61 Å². The van der Waals surface area contributed by atoms with Gasteiger partial charge in [-0.1, -0.05) is 42.4 Å². The number of rotatable bonds is 3. The third kappa shape index (κ3) is 2.84. The van der Waals surface area contributed by atoms with Gasteiger partial charge in [-0.2, -0.15) is 0 Å². The van der Waals surface area contributed by atoms with Crippen LogP contribution in [0.15, 0.2) is 54.5 Å². The predicted octanol–water partition coefficient (Wildman–Crippen LogP) is 2.75. The van der Waals surface area contributed by atoms with E-state index < -0.39 is 41.5 Å². The van der Waals surface area contributed by atoms with Crippen LogP contribution in [0.3, 0.4) is 0 Å². The molecule has 0 saturated heterocycles. The van der Waals surface area contributed by atoms with Crippen molar-refractivity contribution in [3.8, 4) is 5.75 Å². The maximum Gasteiger partial charge on any atom is 0.342 e. The average molecular weight is 232 g/mol. The van der Waals surface area contributed by atoms with E-state index in [1.807, 2.05) is 6.07 Å². The van der Waals surface area contributed by atoms with Crippen molar-refractivity contribution in [2.24, 2.45) is 0 Å². The number of ether oxygens (including phenoxy) is 1. The van der Waals surface area contributed by atoms with Gasteiger partial charge in [-0.3, -0.25) is 0 Å². The van der Waals surface area contributed by atoms with E-state index in [1.54, 1.807) is 24.3 Å². The van der Waals surface area contributed by atoms with Crippen LogP contribution in [0.1, 0.15) is 21.4 Å². The molecule has 2 rings (SSSR count). The summed E-state index contributed by atoms with van der Waals surface area (Å²) < 4.78 is 35.0. The molecule has 0 aromatic heterocycles. The Kier molecular flexibility index (Phi) is 2.16. The molecule has 1 N–H and O–H groups in total. The minimum absolute atomic E-state index is 0.0537. The molecule has 0 amide bonds. The SMILES string of the molecule is [2H]c1c([2H])c([2H])c(C(=O)OCc2ccccc2)c(O)c1[2H]. The molecule has 2 aromatic carbocycles. The zero-order valence-electron chi connectivity index (χ0n) is 12.9. The Balaban J connectivity index is 2.28. The monoisotopic (exact) mass is 232 g/mol. The maximum atomic E-state index is 11.9. The van der Waals surface area contributed by atoms with E-state index in [2.05, 4.69) is 0 Å². The molecule has 0 aliphatic carbocycles. The Morgan fingerprint density at radius 3 is 2.71 bits per heavy atom. The Bertz CT molecular complexity index is 657. The van der Waals surface area contributed by atoms with Crippen molar-refractivity contribution in [2.75, 3.05) is 0 Å². The number of phenols is 1. The normalized spacial score (nSPS) is 13.2. The van der Waals surface area contributed by atoms with Crippen LogP contribution in [0.25, 0.3) is 0 Å². The van der Waals surface area contributed by atoms with Gasteiger partial charge in [-0.15, -0.1) is 0 Å². The lowest BCUT2D eigenvalue weighted by Gasteiger charge is -2.05. The lowest BCUT2D eigenvalue weighted by molar-refractivity contribution is 0.0469. The average Bonchev–Trinajstić information content (AvgIpc) is 2.50. The van der Waals surface area contributed by atoms with Crippen LogP contribution in [0.2, 0.25) is 0 Å². The van der Waals surface area contributed by atoms with Crippen LogP contribution in [0.5, 0.6) is 5.75 Å². The van der Waals surface area contributed by atoms with E-state index >= 15 is 0 Å². The third-order valence-corrected chi connectivity index (χ3v) is 2.08. The highest BCUT2D eigenvalue weighted by Crippen LogP contribution is 2.17. The van der Waals surface area contributed by atoms with Gasteiger partial charge in [0.05, 0.1) is 5.48 Å². The van der Waals surface area contributed by atoms with Gasteiger partial charge < -0.3 is 9.84 Å². The Morgan fingerprint density at radius 2 is 1.94 bits per heavy atom. The van der Waals surface area contributed by atoms with E-state index in [4.69, 9.17) is 10.2 Å². The van der Waals surface area contributed by atoms with Gasteiger partial charge in [0, 0.05) is 0 Å². The fourth-order valence-electron chi connectivity index (χ4n) is 1.25. The molecule has 0 atom stereocenters. The Labute approximate surface area is 105 Å². The summed E-state index contributed by atoms with van der Waals surface area (Å²) in [5.74, 6) is -1.80. The summed E-state index contributed by atoms with van der Waals surface area (Å²) >= 11 is 0. The molecule has 3 nitrogen and oxygen atoms in total. The van der Waals surface area contributed by atoms with Crippen molar-refractivity contribution >= 4 is 5.97 Å². The topological polar surface area (TPSA) is 46.5 Å². The van der Waals surface area contributed by atoms with Gasteiger partial charge in [-0.05, 0) is 17.6 Å². The zero-order chi connectivity index (χ0) is 15.6. The van der Waals surface area contributed by atoms with Crippen LogP contribution >= 0.6 is 0 Å². The minimum Gasteiger partial charge on any atom is -0.507 e. The van der Waals surface area contributed by atoms with Gasteiger partial charge in [0.25, 0.3) is 0 Å². The van der Waals surface area contributed by atoms with Crippen LogP contribution in [-0.2, 0) is 11.3 Å². The fourth-order valence-corrected chi connectivity index (χ4v) is 1.25. The lowest BCUT2D eigenvalue weighted by Crippen LogP contribution is -2.05. The number of esters is 1. The van der Waals surface area contributed by atoms with Crippen molar-refractivity contribution in [3.63, 3.8) is 0 Å². The highest BCUT2D eigenvalue weighted by molar-refractivity contribution is 5.92. The van der Waals surface area contributed by atoms with Gasteiger partial charge >= 0.3 is 5.97 Å². The first-order chi connectivity index (χ1) is 9.93. The van der Waals surface area contributed by atoms with E-state index in [1.165, 1.54) is 0 Å². The van der Waals surface area contributed by atoms with Crippen LogP contribution in [0.4, 0.5) is 0 Å². The number of phenolic OH excluding ortho intramolecular Hbond substituents is 1. The van der Waals surface area contributed by atoms with E-state index in [0.29, 0.717) is 0 Å². The molecule has 86 valence electrons. The quantitative estimate of drug-likeness (QED) is 0.828. The summed E-state index contributed by atoms with van der Waals surface area (Å²) in [5.41, 5.74) is 0.170. The van der Waals surface area contributed by atoms with Crippen molar-refractivity contribution < 1.29 is 20.1 Å². The highest BCUT2D eigenvalue weighted by atomic mass is 16.5. The molecule has 0 heterocycles. The maximum absolute atomic E-state index is 11.9. The molecule has 17 heavy (non-hydrogen) atoms. The van der Waals surface area contributed by atoms with E-state index in [9.17, 15) is 9.90 Å². The number of hydrogen-bond acceptors (Lipinski definition) is 3. The van der Waals surface area contributed by atoms with Gasteiger partial charge in [0.15, 0.2) is 0 Å². The molecule has 0 radical (unpaired) electrons. The number of carbonyl (C=O) groups excluding carboxylic acids is 1. The number of aromatic hydroxyl groups is 1. The molecule has 3 heteroatoms. The highest BCUT2D eigenvalue weighted by Gasteiger charge is 2.11. The molecule has 0 saturated carbocycles. The summed E-state index contributed by atoms with van der Waals surface area (Å²) in [6, 6.07) is 6.37. The first kappa shape index (κ1) is 7.12. The Morgan fingerprint density at radius 1 is 1.24 bits per heavy atom. The molecule has 2 aromatic rings. The molecule has 0 fully saturated rings. The third-order valence-electron chi connectivity index (χ3n) is 2.08. The number of hydrogen-bond donors (Lipinski definition) is 1. The van der Waals surface area contributed by atoms with Crippen molar-refractivity contribution in [1.82, 2.24) is 0 Å². The van der Waals surface area contributed by atoms with Crippen LogP contribution in [0, 0.1) is 0 Å². The standard InChI is InChI=1S/C14H12O3/c15-13-9-5-4-8-12(13)14(16)17-10-11-6-2-1-3-7-11/h1-9,15H,10H2/i4D,5D,8D,9D. The van der Waals surface area contributed by atoms with Gasteiger partial charge in [0.2, 0.25) is 0 Å². The molecule has 0 spiro atoms. The van der Waals surface area contributed by atoms with Crippen molar-refractivity contribution in [2.45, 2.75) is 6.61 Å². The molecular formula is C14H12O3. The predicted molar refractivity (Wildman–Crippen MR) is 63.7 cm³/mol. The van der Waals surface area contributed by atoms with Crippen molar-refractivity contribution in [3.05, 3.63) is 65.6 Å². The first-order valence-corrected chi connectivity index (χ1v) is 4.93. The summed E-state index contributed by atoms with van der Waals surface area (Å²) in [6.45, 7) is -0.0537. The number of para-hydroxylation sites is 1. The van der Waals surface area contributed by atoms with Crippen LogP contribution < -0.4 is 0 Å². The number of benzene rings is 2. The molecule has 0 unspecified atom stereocenters. The summed E-state index contributed by atoms with van der Waals surface area (Å²) in [5, 5.41) is 9.74. The smallest absolute Gasteiger partial charge is 0.342 e. The summed E-state index contributed by atoms with van der Waals surface area (Å²) in [4.78, 5) is 11.9. The van der Waals surface area contributed by atoms with E-state index in [0.717, 1.165) is 5.56 Å². The fraction of sp³-hybridized carbons (Fsp3) is 0.0714. The second kappa shape index (κ2) is 5.16. The second-order valence-corrected chi connectivity index (χ2v) is 3.29. The van der Waals surface area contributed by atoms with Crippen LogP contribution in [-0.4, -0.2) is 11.1 Å². The first-order valence-electron chi connectivity index (χ1n) is 6.93. The number of carbonyl (C=O) groups is 1. The Hall–Kier alpha value is -2.29.